The first-order chi connectivity index (χ1) is 9.65. The summed E-state index contributed by atoms with van der Waals surface area (Å²) in [5.41, 5.74) is 1.96. The molecule has 1 atom stereocenters. The number of carbonyl (C=O) groups excluding carboxylic acids is 1. The highest BCUT2D eigenvalue weighted by Gasteiger charge is 2.20. The lowest BCUT2D eigenvalue weighted by Crippen LogP contribution is -2.40. The zero-order valence-corrected chi connectivity index (χ0v) is 12.4. The summed E-state index contributed by atoms with van der Waals surface area (Å²) in [6, 6.07) is 1.69. The van der Waals surface area contributed by atoms with Crippen LogP contribution in [0.5, 0.6) is 0 Å². The van der Waals surface area contributed by atoms with E-state index in [2.05, 4.69) is 30.1 Å². The van der Waals surface area contributed by atoms with Gasteiger partial charge in [-0.3, -0.25) is 9.69 Å². The molecule has 0 radical (unpaired) electrons. The first-order valence-corrected chi connectivity index (χ1v) is 7.31. The lowest BCUT2D eigenvalue weighted by molar-refractivity contribution is 0.0934. The monoisotopic (exact) mass is 276 g/mol. The van der Waals surface area contributed by atoms with Crippen LogP contribution in [0, 0.1) is 5.92 Å². The van der Waals surface area contributed by atoms with Crippen LogP contribution >= 0.6 is 0 Å². The number of nitrogens with zero attached hydrogens (tertiary/aromatic N) is 1. The van der Waals surface area contributed by atoms with E-state index in [1.165, 1.54) is 30.9 Å². The highest BCUT2D eigenvalue weighted by atomic mass is 16.3. The van der Waals surface area contributed by atoms with Gasteiger partial charge >= 0.3 is 0 Å². The SMILES string of the molecule is CC(C)=CCN1CCCC(CNC(=O)c2ccoc2)C1. The number of amides is 1. The Kier molecular flexibility index (Phi) is 5.41. The molecule has 2 heterocycles. The Bertz CT molecular complexity index is 447. The lowest BCUT2D eigenvalue weighted by Gasteiger charge is -2.32. The van der Waals surface area contributed by atoms with Gasteiger partial charge in [-0.05, 0) is 45.2 Å². The Hall–Kier alpha value is -1.55. The van der Waals surface area contributed by atoms with Gasteiger partial charge in [0.25, 0.3) is 5.91 Å². The number of rotatable bonds is 5. The molecule has 0 saturated carbocycles. The third kappa shape index (κ3) is 4.53. The number of piperidine rings is 1. The van der Waals surface area contributed by atoms with Crippen LogP contribution in [0.1, 0.15) is 37.0 Å². The van der Waals surface area contributed by atoms with Gasteiger partial charge in [-0.15, -0.1) is 0 Å². The summed E-state index contributed by atoms with van der Waals surface area (Å²) in [5, 5.41) is 3.00. The van der Waals surface area contributed by atoms with Crippen LogP contribution in [0.15, 0.2) is 34.7 Å². The van der Waals surface area contributed by atoms with E-state index in [9.17, 15) is 4.79 Å². The topological polar surface area (TPSA) is 45.5 Å². The molecule has 1 aliphatic heterocycles. The molecule has 1 N–H and O–H groups in total. The third-order valence-corrected chi connectivity index (χ3v) is 3.70. The maximum absolute atomic E-state index is 11.9. The molecule has 1 saturated heterocycles. The van der Waals surface area contributed by atoms with Crippen molar-refractivity contribution in [3.8, 4) is 0 Å². The molecule has 4 nitrogen and oxygen atoms in total. The van der Waals surface area contributed by atoms with Crippen molar-refractivity contribution in [1.29, 1.82) is 0 Å². The van der Waals surface area contributed by atoms with Crippen LogP contribution in [-0.4, -0.2) is 37.0 Å². The molecule has 0 aromatic carbocycles. The number of allylic oxidation sites excluding steroid dienone is 1. The van der Waals surface area contributed by atoms with E-state index < -0.39 is 0 Å². The summed E-state index contributed by atoms with van der Waals surface area (Å²) in [6.07, 6.45) is 7.68. The normalized spacial score (nSPS) is 19.6. The molecule has 110 valence electrons. The van der Waals surface area contributed by atoms with Crippen molar-refractivity contribution in [2.45, 2.75) is 26.7 Å². The Labute approximate surface area is 120 Å². The van der Waals surface area contributed by atoms with Gasteiger partial charge in [-0.1, -0.05) is 11.6 Å². The van der Waals surface area contributed by atoms with E-state index >= 15 is 0 Å². The molecule has 0 bridgehead atoms. The minimum atomic E-state index is -0.0415. The molecule has 4 heteroatoms. The van der Waals surface area contributed by atoms with Crippen molar-refractivity contribution in [3.63, 3.8) is 0 Å². The van der Waals surface area contributed by atoms with Crippen molar-refractivity contribution >= 4 is 5.91 Å². The van der Waals surface area contributed by atoms with Crippen LogP contribution in [0.3, 0.4) is 0 Å². The van der Waals surface area contributed by atoms with Crippen LogP contribution in [0.4, 0.5) is 0 Å². The Balaban J connectivity index is 1.75. The lowest BCUT2D eigenvalue weighted by atomic mass is 9.98. The maximum Gasteiger partial charge on any atom is 0.254 e. The number of likely N-dealkylation sites (tertiary alicyclic amines) is 1. The largest absolute Gasteiger partial charge is 0.472 e. The minimum Gasteiger partial charge on any atom is -0.472 e. The number of hydrogen-bond donors (Lipinski definition) is 1. The van der Waals surface area contributed by atoms with Gasteiger partial charge in [-0.2, -0.15) is 0 Å². The second-order valence-electron chi connectivity index (χ2n) is 5.77. The van der Waals surface area contributed by atoms with Crippen molar-refractivity contribution in [2.24, 2.45) is 5.92 Å². The first kappa shape index (κ1) is 14.9. The number of furan rings is 1. The fraction of sp³-hybridized carbons (Fsp3) is 0.562. The molecule has 0 spiro atoms. The van der Waals surface area contributed by atoms with Gasteiger partial charge in [0, 0.05) is 19.6 Å². The smallest absolute Gasteiger partial charge is 0.254 e. The van der Waals surface area contributed by atoms with Crippen LogP contribution < -0.4 is 5.32 Å². The van der Waals surface area contributed by atoms with Gasteiger partial charge in [0.15, 0.2) is 0 Å². The van der Waals surface area contributed by atoms with E-state index in [1.807, 2.05) is 0 Å². The predicted molar refractivity (Wildman–Crippen MR) is 79.6 cm³/mol. The van der Waals surface area contributed by atoms with Gasteiger partial charge < -0.3 is 9.73 Å². The zero-order chi connectivity index (χ0) is 14.4. The fourth-order valence-corrected chi connectivity index (χ4v) is 2.53. The van der Waals surface area contributed by atoms with Crippen LogP contribution in [-0.2, 0) is 0 Å². The van der Waals surface area contributed by atoms with Gasteiger partial charge in [0.1, 0.15) is 6.26 Å². The minimum absolute atomic E-state index is 0.0415. The van der Waals surface area contributed by atoms with E-state index in [4.69, 9.17) is 4.42 Å². The summed E-state index contributed by atoms with van der Waals surface area (Å²) in [7, 11) is 0. The number of carbonyl (C=O) groups is 1. The zero-order valence-electron chi connectivity index (χ0n) is 12.4. The Morgan fingerprint density at radius 1 is 1.55 bits per heavy atom. The Morgan fingerprint density at radius 3 is 3.10 bits per heavy atom. The van der Waals surface area contributed by atoms with E-state index in [1.54, 1.807) is 6.07 Å². The molecule has 1 aliphatic rings. The highest BCUT2D eigenvalue weighted by molar-refractivity contribution is 5.93. The van der Waals surface area contributed by atoms with E-state index in [-0.39, 0.29) is 5.91 Å². The number of hydrogen-bond acceptors (Lipinski definition) is 3. The third-order valence-electron chi connectivity index (χ3n) is 3.70. The maximum atomic E-state index is 11.9. The van der Waals surface area contributed by atoms with Crippen molar-refractivity contribution < 1.29 is 9.21 Å². The molecular weight excluding hydrogens is 252 g/mol. The summed E-state index contributed by atoms with van der Waals surface area (Å²) < 4.78 is 4.92. The first-order valence-electron chi connectivity index (χ1n) is 7.31. The van der Waals surface area contributed by atoms with Crippen molar-refractivity contribution in [3.05, 3.63) is 35.8 Å². The average Bonchev–Trinajstić information content (AvgIpc) is 2.97. The molecule has 1 fully saturated rings. The molecule has 20 heavy (non-hydrogen) atoms. The molecule has 1 aromatic heterocycles. The van der Waals surface area contributed by atoms with E-state index in [0.29, 0.717) is 11.5 Å². The molecule has 2 rings (SSSR count). The second kappa shape index (κ2) is 7.29. The highest BCUT2D eigenvalue weighted by Crippen LogP contribution is 2.16. The van der Waals surface area contributed by atoms with Crippen molar-refractivity contribution in [2.75, 3.05) is 26.2 Å². The quantitative estimate of drug-likeness (QED) is 0.841. The molecule has 1 aromatic rings. The van der Waals surface area contributed by atoms with Gasteiger partial charge in [0.2, 0.25) is 0 Å². The second-order valence-corrected chi connectivity index (χ2v) is 5.77. The average molecular weight is 276 g/mol. The predicted octanol–water partition coefficient (Wildman–Crippen LogP) is 2.69. The molecular formula is C16H24N2O2. The summed E-state index contributed by atoms with van der Waals surface area (Å²) in [4.78, 5) is 14.3. The number of nitrogens with one attached hydrogen (secondary N) is 1. The summed E-state index contributed by atoms with van der Waals surface area (Å²) in [5.74, 6) is 0.505. The van der Waals surface area contributed by atoms with Gasteiger partial charge in [0.05, 0.1) is 11.8 Å². The Morgan fingerprint density at radius 2 is 2.40 bits per heavy atom. The van der Waals surface area contributed by atoms with Crippen LogP contribution in [0.25, 0.3) is 0 Å². The summed E-state index contributed by atoms with van der Waals surface area (Å²) >= 11 is 0. The summed E-state index contributed by atoms with van der Waals surface area (Å²) in [6.45, 7) is 8.26. The molecule has 1 unspecified atom stereocenters. The molecule has 0 aliphatic carbocycles. The van der Waals surface area contributed by atoms with E-state index in [0.717, 1.165) is 26.2 Å². The van der Waals surface area contributed by atoms with Crippen LogP contribution in [0.2, 0.25) is 0 Å². The van der Waals surface area contributed by atoms with Gasteiger partial charge in [-0.25, -0.2) is 0 Å². The molecule has 1 amide bonds. The standard InChI is InChI=1S/C16H24N2O2/c1-13(2)5-8-18-7-3-4-14(11-18)10-17-16(19)15-6-9-20-12-15/h5-6,9,12,14H,3-4,7-8,10-11H2,1-2H3,(H,17,19). The van der Waals surface area contributed by atoms with Crippen molar-refractivity contribution in [1.82, 2.24) is 10.2 Å². The fourth-order valence-electron chi connectivity index (χ4n) is 2.53.